The van der Waals surface area contributed by atoms with Gasteiger partial charge in [-0.2, -0.15) is 0 Å². The lowest BCUT2D eigenvalue weighted by Crippen LogP contribution is -2.30. The monoisotopic (exact) mass is 444 g/mol. The maximum Gasteiger partial charge on any atom is 0.340 e. The molecule has 0 aliphatic carbocycles. The molecule has 0 radical (unpaired) electrons. The molecule has 1 amide bonds. The Balaban J connectivity index is 2.18. The summed E-state index contributed by atoms with van der Waals surface area (Å²) < 4.78 is 30.6. The van der Waals surface area contributed by atoms with Crippen molar-refractivity contribution in [3.63, 3.8) is 0 Å². The van der Waals surface area contributed by atoms with E-state index in [1.807, 2.05) is 0 Å². The minimum absolute atomic E-state index is 0.00131. The van der Waals surface area contributed by atoms with Crippen LogP contribution in [-0.4, -0.2) is 44.8 Å². The fourth-order valence-corrected chi connectivity index (χ4v) is 3.41. The summed E-state index contributed by atoms with van der Waals surface area (Å²) in [5, 5.41) is 2.88. The molecule has 150 valence electrons. The Kier molecular flexibility index (Phi) is 7.06. The Morgan fingerprint density at radius 1 is 1.07 bits per heavy atom. The number of nitrogens with zero attached hydrogens (tertiary/aromatic N) is 1. The van der Waals surface area contributed by atoms with Crippen LogP contribution in [0.3, 0.4) is 0 Å². The van der Waals surface area contributed by atoms with Crippen molar-refractivity contribution < 1.29 is 22.7 Å². The summed E-state index contributed by atoms with van der Waals surface area (Å²) in [6.07, 6.45) is -1.17. The molecule has 1 unspecified atom stereocenters. The largest absolute Gasteiger partial charge is 0.449 e. The van der Waals surface area contributed by atoms with Gasteiger partial charge in [-0.1, -0.05) is 35.3 Å². The van der Waals surface area contributed by atoms with E-state index in [4.69, 9.17) is 27.9 Å². The molecule has 0 aromatic heterocycles. The zero-order valence-electron chi connectivity index (χ0n) is 15.3. The third-order valence-electron chi connectivity index (χ3n) is 3.72. The number of anilines is 1. The van der Waals surface area contributed by atoms with Crippen LogP contribution in [0.25, 0.3) is 0 Å². The molecule has 0 saturated carbocycles. The summed E-state index contributed by atoms with van der Waals surface area (Å²) in [5.41, 5.74) is 0.205. The third-order valence-corrected chi connectivity index (χ3v) is 6.19. The summed E-state index contributed by atoms with van der Waals surface area (Å²) in [5.74, 6) is -1.53. The molecule has 2 rings (SSSR count). The van der Waals surface area contributed by atoms with Gasteiger partial charge in [-0.25, -0.2) is 17.5 Å². The number of amides is 1. The van der Waals surface area contributed by atoms with Gasteiger partial charge in [-0.05, 0) is 37.3 Å². The van der Waals surface area contributed by atoms with Crippen LogP contribution >= 0.6 is 23.2 Å². The van der Waals surface area contributed by atoms with Crippen molar-refractivity contribution in [2.75, 3.05) is 19.4 Å². The number of sulfonamides is 1. The summed E-state index contributed by atoms with van der Waals surface area (Å²) in [4.78, 5) is 24.6. The minimum Gasteiger partial charge on any atom is -0.449 e. The van der Waals surface area contributed by atoms with Crippen molar-refractivity contribution in [2.24, 2.45) is 0 Å². The normalized spacial score (nSPS) is 12.5. The summed E-state index contributed by atoms with van der Waals surface area (Å²) in [7, 11) is -1.04. The molecule has 0 bridgehead atoms. The molecule has 28 heavy (non-hydrogen) atoms. The number of carbonyl (C=O) groups is 2. The number of benzene rings is 2. The second-order valence-electron chi connectivity index (χ2n) is 5.95. The van der Waals surface area contributed by atoms with Gasteiger partial charge in [0.25, 0.3) is 5.91 Å². The number of carbonyl (C=O) groups excluding carboxylic acids is 2. The van der Waals surface area contributed by atoms with E-state index in [2.05, 4.69) is 5.32 Å². The Morgan fingerprint density at radius 3 is 2.32 bits per heavy atom. The maximum absolute atomic E-state index is 12.4. The van der Waals surface area contributed by atoms with Crippen molar-refractivity contribution in [1.29, 1.82) is 0 Å². The second kappa shape index (κ2) is 8.91. The minimum atomic E-state index is -3.77. The van der Waals surface area contributed by atoms with E-state index >= 15 is 0 Å². The molecule has 0 aliphatic heterocycles. The standard InChI is InChI=1S/C18H18Cl2N2O5S/c1-11(17(23)21-16-7-5-4-6-15(16)20)27-18(24)13-10-12(8-9-14(13)19)28(25,26)22(2)3/h4-11H,1-3H3,(H,21,23). The van der Waals surface area contributed by atoms with Crippen molar-refractivity contribution >= 4 is 50.8 Å². The molecular weight excluding hydrogens is 427 g/mol. The third kappa shape index (κ3) is 5.02. The van der Waals surface area contributed by atoms with Crippen molar-refractivity contribution in [1.82, 2.24) is 4.31 Å². The maximum atomic E-state index is 12.4. The summed E-state index contributed by atoms with van der Waals surface area (Å²) >= 11 is 12.0. The average molecular weight is 445 g/mol. The summed E-state index contributed by atoms with van der Waals surface area (Å²) in [6, 6.07) is 10.3. The Bertz CT molecular complexity index is 1010. The van der Waals surface area contributed by atoms with E-state index in [1.165, 1.54) is 33.2 Å². The molecule has 2 aromatic carbocycles. The number of hydrogen-bond donors (Lipinski definition) is 1. The van der Waals surface area contributed by atoms with Gasteiger partial charge < -0.3 is 10.1 Å². The zero-order chi connectivity index (χ0) is 21.1. The number of ether oxygens (including phenoxy) is 1. The molecule has 0 spiro atoms. The van der Waals surface area contributed by atoms with E-state index < -0.39 is 28.0 Å². The van der Waals surface area contributed by atoms with Gasteiger partial charge in [0.15, 0.2) is 6.10 Å². The van der Waals surface area contributed by atoms with Crippen molar-refractivity contribution in [3.8, 4) is 0 Å². The molecule has 0 fully saturated rings. The van der Waals surface area contributed by atoms with Crippen LogP contribution in [-0.2, 0) is 19.6 Å². The van der Waals surface area contributed by atoms with Crippen LogP contribution in [0.5, 0.6) is 0 Å². The van der Waals surface area contributed by atoms with Crippen LogP contribution in [0.1, 0.15) is 17.3 Å². The van der Waals surface area contributed by atoms with E-state index in [0.717, 1.165) is 10.4 Å². The first-order valence-corrected chi connectivity index (χ1v) is 10.2. The lowest BCUT2D eigenvalue weighted by atomic mass is 10.2. The predicted octanol–water partition coefficient (Wildman–Crippen LogP) is 3.43. The molecule has 7 nitrogen and oxygen atoms in total. The van der Waals surface area contributed by atoms with Crippen LogP contribution in [0.15, 0.2) is 47.4 Å². The highest BCUT2D eigenvalue weighted by atomic mass is 35.5. The van der Waals surface area contributed by atoms with E-state index in [9.17, 15) is 18.0 Å². The van der Waals surface area contributed by atoms with Gasteiger partial charge in [0.2, 0.25) is 10.0 Å². The SMILES string of the molecule is CC(OC(=O)c1cc(S(=O)(=O)N(C)C)ccc1Cl)C(=O)Nc1ccccc1Cl. The number of esters is 1. The highest BCUT2D eigenvalue weighted by Crippen LogP contribution is 2.24. The van der Waals surface area contributed by atoms with E-state index in [-0.39, 0.29) is 15.5 Å². The predicted molar refractivity (Wildman–Crippen MR) is 107 cm³/mol. The first-order chi connectivity index (χ1) is 13.0. The Morgan fingerprint density at radius 2 is 1.71 bits per heavy atom. The molecule has 0 heterocycles. The van der Waals surface area contributed by atoms with Crippen molar-refractivity contribution in [3.05, 3.63) is 58.1 Å². The molecule has 1 atom stereocenters. The Hall–Kier alpha value is -2.13. The molecule has 1 N–H and O–H groups in total. The van der Waals surface area contributed by atoms with Crippen LogP contribution in [0, 0.1) is 0 Å². The van der Waals surface area contributed by atoms with Gasteiger partial charge in [-0.3, -0.25) is 4.79 Å². The zero-order valence-corrected chi connectivity index (χ0v) is 17.6. The van der Waals surface area contributed by atoms with Gasteiger partial charge in [-0.15, -0.1) is 0 Å². The van der Waals surface area contributed by atoms with Gasteiger partial charge in [0.05, 0.1) is 26.2 Å². The molecule has 0 aliphatic rings. The highest BCUT2D eigenvalue weighted by molar-refractivity contribution is 7.89. The Labute approximate surface area is 173 Å². The molecule has 0 saturated heterocycles. The first-order valence-electron chi connectivity index (χ1n) is 8.02. The fraction of sp³-hybridized carbons (Fsp3) is 0.222. The van der Waals surface area contributed by atoms with E-state index in [0.29, 0.717) is 10.7 Å². The average Bonchev–Trinajstić information content (AvgIpc) is 2.63. The quantitative estimate of drug-likeness (QED) is 0.688. The lowest BCUT2D eigenvalue weighted by molar-refractivity contribution is -0.123. The van der Waals surface area contributed by atoms with Gasteiger partial charge >= 0.3 is 5.97 Å². The summed E-state index contributed by atoms with van der Waals surface area (Å²) in [6.45, 7) is 1.37. The van der Waals surface area contributed by atoms with Crippen molar-refractivity contribution in [2.45, 2.75) is 17.9 Å². The second-order valence-corrected chi connectivity index (χ2v) is 8.91. The van der Waals surface area contributed by atoms with Gasteiger partial charge in [0.1, 0.15) is 0 Å². The van der Waals surface area contributed by atoms with E-state index in [1.54, 1.807) is 24.3 Å². The number of rotatable bonds is 6. The topological polar surface area (TPSA) is 92.8 Å². The number of halogens is 2. The highest BCUT2D eigenvalue weighted by Gasteiger charge is 2.24. The smallest absolute Gasteiger partial charge is 0.340 e. The van der Waals surface area contributed by atoms with Gasteiger partial charge in [0, 0.05) is 14.1 Å². The molecule has 2 aromatic rings. The fourth-order valence-electron chi connectivity index (χ4n) is 2.11. The lowest BCUT2D eigenvalue weighted by Gasteiger charge is -2.16. The molecular formula is C18H18Cl2N2O5S. The van der Waals surface area contributed by atoms with Crippen LogP contribution in [0.4, 0.5) is 5.69 Å². The van der Waals surface area contributed by atoms with Crippen LogP contribution in [0.2, 0.25) is 10.0 Å². The number of para-hydroxylation sites is 1. The van der Waals surface area contributed by atoms with Crippen LogP contribution < -0.4 is 5.32 Å². The molecule has 10 heteroatoms. The number of hydrogen-bond acceptors (Lipinski definition) is 5. The first kappa shape index (κ1) is 22.2. The number of nitrogens with one attached hydrogen (secondary N) is 1.